The van der Waals surface area contributed by atoms with Gasteiger partial charge in [0.1, 0.15) is 28.5 Å². The van der Waals surface area contributed by atoms with Gasteiger partial charge in [0.05, 0.1) is 22.8 Å². The molecule has 4 aromatic carbocycles. The molecule has 8 nitrogen and oxygen atoms in total. The number of carbonyl (C=O) groups is 2. The zero-order valence-corrected chi connectivity index (χ0v) is 24.2. The quantitative estimate of drug-likeness (QED) is 0.183. The lowest BCUT2D eigenvalue weighted by atomic mass is 10.1. The number of hydrogen-bond acceptors (Lipinski definition) is 6. The molecule has 0 saturated carbocycles. The maximum absolute atomic E-state index is 15.3. The van der Waals surface area contributed by atoms with Crippen LogP contribution in [0, 0.1) is 12.7 Å². The monoisotopic (exact) mass is 607 g/mol. The largest absolute Gasteiger partial charge is 0.495 e. The second-order valence-electron chi connectivity index (χ2n) is 9.19. The molecule has 1 aromatic heterocycles. The molecule has 1 heterocycles. The number of hydrogen-bond donors (Lipinski definition) is 2. The van der Waals surface area contributed by atoms with E-state index < -0.39 is 11.7 Å². The second kappa shape index (κ2) is 12.1. The highest BCUT2D eigenvalue weighted by Crippen LogP contribution is 2.39. The predicted octanol–water partition coefficient (Wildman–Crippen LogP) is 8.65. The molecule has 0 unspecified atom stereocenters. The third kappa shape index (κ3) is 5.74. The molecular weight excluding hydrogens is 584 g/mol. The van der Waals surface area contributed by atoms with E-state index in [1.54, 1.807) is 56.3 Å². The third-order valence-electron chi connectivity index (χ3n) is 6.45. The first-order chi connectivity index (χ1) is 20.2. The number of aryl methyl sites for hydroxylation is 1. The lowest BCUT2D eigenvalue weighted by molar-refractivity contribution is -0.115. The van der Waals surface area contributed by atoms with Crippen molar-refractivity contribution >= 4 is 57.2 Å². The standard InChI is InChI=1S/C31H24Cl2FN3O5/c1-4-27(38)36-23-15-19-17(13-26(23)40-3)7-5-10-24(19)41-25-12-11-18(14-22(25)34)35-31(39)28-16(2)42-37-30(28)29-20(32)8-6-9-21(29)33/h5-15H,4H2,1-3H3,(H,35,39)(H,36,38). The first-order valence-electron chi connectivity index (χ1n) is 12.8. The van der Waals surface area contributed by atoms with Gasteiger partial charge in [-0.3, -0.25) is 9.59 Å². The number of benzene rings is 4. The van der Waals surface area contributed by atoms with Gasteiger partial charge in [-0.15, -0.1) is 0 Å². The van der Waals surface area contributed by atoms with Crippen molar-refractivity contribution in [2.24, 2.45) is 0 Å². The van der Waals surface area contributed by atoms with E-state index in [9.17, 15) is 9.59 Å². The Kier molecular flexibility index (Phi) is 8.33. The summed E-state index contributed by atoms with van der Waals surface area (Å²) in [6, 6.07) is 17.7. The highest BCUT2D eigenvalue weighted by atomic mass is 35.5. The number of fused-ring (bicyclic) bond motifs is 1. The van der Waals surface area contributed by atoms with Gasteiger partial charge in [0.25, 0.3) is 5.91 Å². The summed E-state index contributed by atoms with van der Waals surface area (Å²) >= 11 is 12.6. The number of anilines is 2. The number of methoxy groups -OCH3 is 1. The molecule has 0 saturated heterocycles. The summed E-state index contributed by atoms with van der Waals surface area (Å²) < 4.78 is 31.9. The molecule has 0 aliphatic heterocycles. The lowest BCUT2D eigenvalue weighted by Crippen LogP contribution is -2.14. The molecule has 0 radical (unpaired) electrons. The topological polar surface area (TPSA) is 103 Å². The number of nitrogens with one attached hydrogen (secondary N) is 2. The maximum Gasteiger partial charge on any atom is 0.261 e. The number of ether oxygens (including phenoxy) is 2. The summed E-state index contributed by atoms with van der Waals surface area (Å²) in [7, 11) is 1.51. The Morgan fingerprint density at radius 3 is 2.38 bits per heavy atom. The van der Waals surface area contributed by atoms with Crippen molar-refractivity contribution in [2.75, 3.05) is 17.7 Å². The fourth-order valence-corrected chi connectivity index (χ4v) is 4.95. The van der Waals surface area contributed by atoms with Crippen LogP contribution in [-0.4, -0.2) is 24.1 Å². The Labute approximate surface area is 250 Å². The van der Waals surface area contributed by atoms with Crippen LogP contribution in [-0.2, 0) is 4.79 Å². The molecule has 5 aromatic rings. The van der Waals surface area contributed by atoms with E-state index in [0.717, 1.165) is 11.5 Å². The average molecular weight is 608 g/mol. The SMILES string of the molecule is CCC(=O)Nc1cc2c(Oc3ccc(NC(=O)c4c(-c5c(Cl)cccc5Cl)noc4C)cc3F)cccc2cc1OC. The van der Waals surface area contributed by atoms with Crippen molar-refractivity contribution in [1.29, 1.82) is 0 Å². The highest BCUT2D eigenvalue weighted by molar-refractivity contribution is 6.39. The molecule has 42 heavy (non-hydrogen) atoms. The summed E-state index contributed by atoms with van der Waals surface area (Å²) in [6.07, 6.45) is 0.291. The van der Waals surface area contributed by atoms with Crippen molar-refractivity contribution in [1.82, 2.24) is 5.16 Å². The summed E-state index contributed by atoms with van der Waals surface area (Å²) in [4.78, 5) is 25.3. The number of amides is 2. The zero-order valence-electron chi connectivity index (χ0n) is 22.7. The molecule has 214 valence electrons. The maximum atomic E-state index is 15.3. The molecule has 11 heteroatoms. The van der Waals surface area contributed by atoms with E-state index in [4.69, 9.17) is 37.2 Å². The third-order valence-corrected chi connectivity index (χ3v) is 7.08. The van der Waals surface area contributed by atoms with Crippen LogP contribution in [0.2, 0.25) is 10.0 Å². The van der Waals surface area contributed by atoms with Gasteiger partial charge in [0.15, 0.2) is 11.6 Å². The van der Waals surface area contributed by atoms with E-state index >= 15 is 4.39 Å². The number of halogens is 3. The molecule has 5 rings (SSSR count). The van der Waals surface area contributed by atoms with Gasteiger partial charge in [0.2, 0.25) is 5.91 Å². The Bertz CT molecular complexity index is 1820. The van der Waals surface area contributed by atoms with Crippen molar-refractivity contribution < 1.29 is 28.0 Å². The number of rotatable bonds is 8. The normalized spacial score (nSPS) is 10.9. The molecule has 0 bridgehead atoms. The van der Waals surface area contributed by atoms with Crippen molar-refractivity contribution in [2.45, 2.75) is 20.3 Å². The first-order valence-corrected chi connectivity index (χ1v) is 13.6. The predicted molar refractivity (Wildman–Crippen MR) is 161 cm³/mol. The van der Waals surface area contributed by atoms with Crippen LogP contribution < -0.4 is 20.1 Å². The molecule has 0 aliphatic rings. The summed E-state index contributed by atoms with van der Waals surface area (Å²) in [5.74, 6) is -0.471. The van der Waals surface area contributed by atoms with Crippen LogP contribution in [0.1, 0.15) is 29.5 Å². The second-order valence-corrected chi connectivity index (χ2v) is 10.0. The molecule has 0 fully saturated rings. The number of carbonyl (C=O) groups excluding carboxylic acids is 2. The number of nitrogens with zero attached hydrogens (tertiary/aromatic N) is 1. The lowest BCUT2D eigenvalue weighted by Gasteiger charge is -2.15. The van der Waals surface area contributed by atoms with Crippen molar-refractivity contribution in [3.8, 4) is 28.5 Å². The summed E-state index contributed by atoms with van der Waals surface area (Å²) in [5.41, 5.74) is 1.27. The molecule has 0 aliphatic carbocycles. The zero-order chi connectivity index (χ0) is 30.0. The fourth-order valence-electron chi connectivity index (χ4n) is 4.38. The van der Waals surface area contributed by atoms with Crippen LogP contribution in [0.3, 0.4) is 0 Å². The first kappa shape index (κ1) is 28.9. The minimum Gasteiger partial charge on any atom is -0.495 e. The summed E-state index contributed by atoms with van der Waals surface area (Å²) in [5, 5.41) is 11.4. The van der Waals surface area contributed by atoms with Gasteiger partial charge in [-0.1, -0.05) is 53.5 Å². The van der Waals surface area contributed by atoms with Gasteiger partial charge >= 0.3 is 0 Å². The smallest absolute Gasteiger partial charge is 0.261 e. The van der Waals surface area contributed by atoms with Crippen molar-refractivity contribution in [3.63, 3.8) is 0 Å². The highest BCUT2D eigenvalue weighted by Gasteiger charge is 2.25. The number of aromatic nitrogens is 1. The molecule has 0 atom stereocenters. The Morgan fingerprint density at radius 1 is 0.952 bits per heavy atom. The van der Waals surface area contributed by atoms with Gasteiger partial charge in [0, 0.05) is 29.1 Å². The molecular formula is C31H24Cl2FN3O5. The molecule has 0 spiro atoms. The van der Waals surface area contributed by atoms with Crippen molar-refractivity contribution in [3.05, 3.63) is 93.9 Å². The molecule has 2 N–H and O–H groups in total. The van der Waals surface area contributed by atoms with Crippen LogP contribution in [0.5, 0.6) is 17.2 Å². The van der Waals surface area contributed by atoms with E-state index in [0.29, 0.717) is 44.6 Å². The fraction of sp³-hybridized carbons (Fsp3) is 0.129. The van der Waals surface area contributed by atoms with Crippen LogP contribution in [0.4, 0.5) is 15.8 Å². The summed E-state index contributed by atoms with van der Waals surface area (Å²) in [6.45, 7) is 3.32. The van der Waals surface area contributed by atoms with Gasteiger partial charge in [-0.05, 0) is 54.8 Å². The van der Waals surface area contributed by atoms with Gasteiger partial charge in [-0.25, -0.2) is 4.39 Å². The van der Waals surface area contributed by atoms with Crippen LogP contribution in [0.15, 0.2) is 71.3 Å². The Hall–Kier alpha value is -4.60. The van der Waals surface area contributed by atoms with Gasteiger partial charge in [-0.2, -0.15) is 0 Å². The van der Waals surface area contributed by atoms with E-state index in [1.165, 1.54) is 19.2 Å². The van der Waals surface area contributed by atoms with E-state index in [1.807, 2.05) is 6.07 Å². The minimum atomic E-state index is -0.714. The Balaban J connectivity index is 1.41. The van der Waals surface area contributed by atoms with Crippen LogP contribution >= 0.6 is 23.2 Å². The molecule has 2 amide bonds. The van der Waals surface area contributed by atoms with Gasteiger partial charge < -0.3 is 24.6 Å². The van der Waals surface area contributed by atoms with Crippen LogP contribution in [0.25, 0.3) is 22.0 Å². The van der Waals surface area contributed by atoms with E-state index in [-0.39, 0.29) is 34.4 Å². The Morgan fingerprint density at radius 2 is 1.69 bits per heavy atom. The average Bonchev–Trinajstić information content (AvgIpc) is 3.34. The van der Waals surface area contributed by atoms with E-state index in [2.05, 4.69) is 15.8 Å². The minimum absolute atomic E-state index is 0.0693.